The van der Waals surface area contributed by atoms with Gasteiger partial charge in [-0.25, -0.2) is 9.78 Å². The number of carbonyl (C=O) groups is 2. The smallest absolute Gasteiger partial charge is 0.330 e. The van der Waals surface area contributed by atoms with Gasteiger partial charge in [0.25, 0.3) is 11.5 Å². The molecule has 2 aromatic carbocycles. The number of fused-ring (bicyclic) bond motifs is 1. The average molecular weight is 643 g/mol. The number of amides is 2. The van der Waals surface area contributed by atoms with E-state index in [1.807, 2.05) is 31.2 Å². The summed E-state index contributed by atoms with van der Waals surface area (Å²) in [5, 5.41) is 9.94. The van der Waals surface area contributed by atoms with Crippen molar-refractivity contribution in [3.63, 3.8) is 0 Å². The zero-order valence-corrected chi connectivity index (χ0v) is 26.8. The number of hydrogen-bond acceptors (Lipinski definition) is 7. The second-order valence-corrected chi connectivity index (χ2v) is 12.2. The SMILES string of the molecule is COc1nc(-c2cccc(-c3cccc(NC(=O)c4cn(C)c(=O)n(C)c4=O)c3C)c2Cl)cc2c1[C@H](NCC1CCC(=O)N1)CC2. The summed E-state index contributed by atoms with van der Waals surface area (Å²) in [6.45, 7) is 2.56. The highest BCUT2D eigenvalue weighted by Crippen LogP contribution is 2.43. The maximum absolute atomic E-state index is 13.1. The quantitative estimate of drug-likeness (QED) is 0.265. The van der Waals surface area contributed by atoms with Crippen molar-refractivity contribution >= 4 is 29.1 Å². The molecule has 0 bridgehead atoms. The summed E-state index contributed by atoms with van der Waals surface area (Å²) >= 11 is 7.09. The van der Waals surface area contributed by atoms with E-state index in [9.17, 15) is 19.2 Å². The second kappa shape index (κ2) is 12.6. The monoisotopic (exact) mass is 642 g/mol. The molecule has 2 aliphatic rings. The van der Waals surface area contributed by atoms with Gasteiger partial charge in [-0.15, -0.1) is 0 Å². The number of aryl methyl sites for hydroxylation is 2. The van der Waals surface area contributed by atoms with Crippen LogP contribution in [0.1, 0.15) is 52.4 Å². The average Bonchev–Trinajstić information content (AvgIpc) is 3.66. The Bertz CT molecular complexity index is 2000. The predicted octanol–water partition coefficient (Wildman–Crippen LogP) is 3.89. The van der Waals surface area contributed by atoms with Crippen LogP contribution in [0.2, 0.25) is 5.02 Å². The fourth-order valence-electron chi connectivity index (χ4n) is 6.37. The molecular weight excluding hydrogens is 608 g/mol. The first-order valence-electron chi connectivity index (χ1n) is 15.1. The number of nitrogens with zero attached hydrogens (tertiary/aromatic N) is 3. The van der Waals surface area contributed by atoms with Gasteiger partial charge in [0, 0.05) is 67.7 Å². The van der Waals surface area contributed by atoms with Crippen LogP contribution in [0.15, 0.2) is 58.3 Å². The van der Waals surface area contributed by atoms with Gasteiger partial charge in [0.2, 0.25) is 11.8 Å². The molecule has 2 atom stereocenters. The molecule has 2 amide bonds. The number of aromatic nitrogens is 3. The van der Waals surface area contributed by atoms with Crippen molar-refractivity contribution in [2.75, 3.05) is 19.0 Å². The number of nitrogens with one attached hydrogen (secondary N) is 3. The van der Waals surface area contributed by atoms with Gasteiger partial charge in [0.1, 0.15) is 5.56 Å². The summed E-state index contributed by atoms with van der Waals surface area (Å²) in [4.78, 5) is 54.4. The molecule has 6 rings (SSSR count). The third kappa shape index (κ3) is 5.72. The summed E-state index contributed by atoms with van der Waals surface area (Å²) < 4.78 is 7.88. The highest BCUT2D eigenvalue weighted by atomic mass is 35.5. The number of hydrogen-bond donors (Lipinski definition) is 3. The fraction of sp³-hybridized carbons (Fsp3) is 0.324. The zero-order chi connectivity index (χ0) is 32.7. The van der Waals surface area contributed by atoms with E-state index in [0.29, 0.717) is 35.2 Å². The van der Waals surface area contributed by atoms with Gasteiger partial charge in [0.15, 0.2) is 0 Å². The first-order valence-corrected chi connectivity index (χ1v) is 15.5. The number of pyridine rings is 1. The number of rotatable bonds is 8. The summed E-state index contributed by atoms with van der Waals surface area (Å²) in [5.74, 6) is 0.0260. The predicted molar refractivity (Wildman–Crippen MR) is 177 cm³/mol. The molecule has 1 aliphatic carbocycles. The van der Waals surface area contributed by atoms with Gasteiger partial charge in [-0.3, -0.25) is 19.0 Å². The van der Waals surface area contributed by atoms with E-state index in [4.69, 9.17) is 21.3 Å². The van der Waals surface area contributed by atoms with Crippen LogP contribution in [0, 0.1) is 6.92 Å². The Morgan fingerprint density at radius 1 is 1.07 bits per heavy atom. The lowest BCUT2D eigenvalue weighted by atomic mass is 9.96. The molecule has 1 aliphatic heterocycles. The first-order chi connectivity index (χ1) is 22.1. The van der Waals surface area contributed by atoms with Crippen LogP contribution >= 0.6 is 11.6 Å². The number of halogens is 1. The van der Waals surface area contributed by atoms with E-state index >= 15 is 0 Å². The molecule has 46 heavy (non-hydrogen) atoms. The normalized spacial score (nSPS) is 17.1. The summed E-state index contributed by atoms with van der Waals surface area (Å²) in [5.41, 5.74) is 5.09. The molecule has 11 nitrogen and oxygen atoms in total. The number of benzene rings is 2. The molecule has 0 radical (unpaired) electrons. The minimum Gasteiger partial charge on any atom is -0.481 e. The molecule has 3 heterocycles. The van der Waals surface area contributed by atoms with Crippen molar-refractivity contribution in [3.05, 3.63) is 96.8 Å². The van der Waals surface area contributed by atoms with E-state index in [1.165, 1.54) is 24.9 Å². The van der Waals surface area contributed by atoms with Crippen LogP contribution in [0.3, 0.4) is 0 Å². The maximum Gasteiger partial charge on any atom is 0.330 e. The summed E-state index contributed by atoms with van der Waals surface area (Å²) in [7, 11) is 4.44. The van der Waals surface area contributed by atoms with Crippen LogP contribution < -0.4 is 31.9 Å². The molecule has 2 aromatic heterocycles. The van der Waals surface area contributed by atoms with Gasteiger partial charge in [-0.1, -0.05) is 41.9 Å². The Kier molecular flexibility index (Phi) is 8.54. The van der Waals surface area contributed by atoms with Gasteiger partial charge >= 0.3 is 5.69 Å². The first kappa shape index (κ1) is 31.3. The molecular formula is C34H35ClN6O5. The molecule has 0 spiro atoms. The van der Waals surface area contributed by atoms with Crippen LogP contribution in [0.4, 0.5) is 5.69 Å². The highest BCUT2D eigenvalue weighted by Gasteiger charge is 2.30. The standard InChI is InChI=1S/C34H35ClN6O5/c1-18-21(7-6-10-25(18)38-31(43)24-17-40(2)34(45)41(3)33(24)44)22-8-5-9-23(30(22)35)27-15-19-11-13-26(29(19)32(39-27)46-4)36-16-20-12-14-28(42)37-20/h5-10,15,17,20,26,36H,11-14,16H2,1-4H3,(H,37,42)(H,38,43)/t20?,26-/m1/s1. The van der Waals surface area contributed by atoms with Crippen molar-refractivity contribution in [2.24, 2.45) is 14.1 Å². The number of methoxy groups -OCH3 is 1. The van der Waals surface area contributed by atoms with Crippen molar-refractivity contribution in [1.29, 1.82) is 0 Å². The number of anilines is 1. The van der Waals surface area contributed by atoms with Gasteiger partial charge in [-0.2, -0.15) is 0 Å². The van der Waals surface area contributed by atoms with Crippen LogP contribution in [-0.4, -0.2) is 45.6 Å². The Balaban J connectivity index is 1.29. The lowest BCUT2D eigenvalue weighted by Gasteiger charge is -2.20. The maximum atomic E-state index is 13.1. The Morgan fingerprint density at radius 3 is 2.54 bits per heavy atom. The van der Waals surface area contributed by atoms with Crippen molar-refractivity contribution in [1.82, 2.24) is 24.8 Å². The van der Waals surface area contributed by atoms with Gasteiger partial charge < -0.3 is 25.3 Å². The van der Waals surface area contributed by atoms with E-state index < -0.39 is 17.2 Å². The lowest BCUT2D eigenvalue weighted by Crippen LogP contribution is -2.40. The molecule has 1 fully saturated rings. The Labute approximate surface area is 270 Å². The zero-order valence-electron chi connectivity index (χ0n) is 26.1. The highest BCUT2D eigenvalue weighted by molar-refractivity contribution is 6.36. The molecule has 0 saturated carbocycles. The van der Waals surface area contributed by atoms with Crippen LogP contribution in [-0.2, 0) is 25.3 Å². The third-order valence-electron chi connectivity index (χ3n) is 8.89. The molecule has 12 heteroatoms. The van der Waals surface area contributed by atoms with Crippen LogP contribution in [0.25, 0.3) is 22.4 Å². The molecule has 1 unspecified atom stereocenters. The number of ether oxygens (including phenoxy) is 1. The van der Waals surface area contributed by atoms with Crippen molar-refractivity contribution in [2.45, 2.75) is 44.7 Å². The van der Waals surface area contributed by atoms with E-state index in [1.54, 1.807) is 19.2 Å². The minimum absolute atomic E-state index is 0.0763. The van der Waals surface area contributed by atoms with Crippen LogP contribution in [0.5, 0.6) is 5.88 Å². The second-order valence-electron chi connectivity index (χ2n) is 11.8. The molecule has 3 N–H and O–H groups in total. The third-order valence-corrected chi connectivity index (χ3v) is 9.29. The Morgan fingerprint density at radius 2 is 1.80 bits per heavy atom. The van der Waals surface area contributed by atoms with Crippen molar-refractivity contribution < 1.29 is 14.3 Å². The number of carbonyl (C=O) groups excluding carboxylic acids is 2. The molecule has 4 aromatic rings. The molecule has 238 valence electrons. The van der Waals surface area contributed by atoms with Gasteiger partial charge in [-0.05, 0) is 55.0 Å². The minimum atomic E-state index is -0.674. The van der Waals surface area contributed by atoms with Crippen molar-refractivity contribution in [3.8, 4) is 28.3 Å². The lowest BCUT2D eigenvalue weighted by molar-refractivity contribution is -0.119. The summed E-state index contributed by atoms with van der Waals surface area (Å²) in [6.07, 6.45) is 4.39. The van der Waals surface area contributed by atoms with Gasteiger partial charge in [0.05, 0.1) is 17.8 Å². The van der Waals surface area contributed by atoms with E-state index in [0.717, 1.165) is 57.2 Å². The summed E-state index contributed by atoms with van der Waals surface area (Å²) in [6, 6.07) is 13.5. The largest absolute Gasteiger partial charge is 0.481 e. The van der Waals surface area contributed by atoms with E-state index in [-0.39, 0.29) is 23.6 Å². The topological polar surface area (TPSA) is 136 Å². The van der Waals surface area contributed by atoms with E-state index in [2.05, 4.69) is 22.0 Å². The Hall–Kier alpha value is -4.74. The fourth-order valence-corrected chi connectivity index (χ4v) is 6.70. The molecule has 1 saturated heterocycles.